The fourth-order valence-corrected chi connectivity index (χ4v) is 3.83. The monoisotopic (exact) mass is 377 g/mol. The van der Waals surface area contributed by atoms with Crippen LogP contribution in [0.4, 0.5) is 5.82 Å². The summed E-state index contributed by atoms with van der Waals surface area (Å²) in [5.74, 6) is -0.297. The molecule has 0 radical (unpaired) electrons. The van der Waals surface area contributed by atoms with Crippen molar-refractivity contribution in [3.8, 4) is 0 Å². The SMILES string of the molecule is O=C1CCCC2=C1[C@H](c1ccc(Cl)c(Cl)c1)c1c([nH]c(=O)[nH]c1=O)N2. The number of H-pyrrole nitrogens is 2. The lowest BCUT2D eigenvalue weighted by Crippen LogP contribution is -2.36. The molecule has 1 aromatic carbocycles. The van der Waals surface area contributed by atoms with E-state index in [0.29, 0.717) is 45.4 Å². The maximum absolute atomic E-state index is 12.6. The average molecular weight is 378 g/mol. The van der Waals surface area contributed by atoms with Gasteiger partial charge in [0.2, 0.25) is 0 Å². The highest BCUT2D eigenvalue weighted by Crippen LogP contribution is 2.43. The summed E-state index contributed by atoms with van der Waals surface area (Å²) in [6.45, 7) is 0. The van der Waals surface area contributed by atoms with Crippen LogP contribution in [0.15, 0.2) is 39.1 Å². The van der Waals surface area contributed by atoms with Gasteiger partial charge in [0.05, 0.1) is 15.6 Å². The molecule has 4 rings (SSSR count). The van der Waals surface area contributed by atoms with Crippen LogP contribution in [-0.4, -0.2) is 15.8 Å². The molecule has 0 saturated carbocycles. The van der Waals surface area contributed by atoms with Crippen LogP contribution in [0, 0.1) is 0 Å². The summed E-state index contributed by atoms with van der Waals surface area (Å²) in [5, 5.41) is 3.79. The lowest BCUT2D eigenvalue weighted by molar-refractivity contribution is -0.116. The van der Waals surface area contributed by atoms with E-state index in [1.807, 2.05) is 0 Å². The van der Waals surface area contributed by atoms with E-state index in [1.54, 1.807) is 18.2 Å². The van der Waals surface area contributed by atoms with Gasteiger partial charge in [0.1, 0.15) is 5.82 Å². The van der Waals surface area contributed by atoms with Crippen LogP contribution in [0.25, 0.3) is 0 Å². The van der Waals surface area contributed by atoms with Crippen molar-refractivity contribution in [3.05, 3.63) is 71.5 Å². The molecule has 25 heavy (non-hydrogen) atoms. The highest BCUT2D eigenvalue weighted by Gasteiger charge is 2.37. The minimum absolute atomic E-state index is 0.0129. The number of aromatic nitrogens is 2. The molecule has 2 aromatic rings. The molecule has 1 aliphatic carbocycles. The van der Waals surface area contributed by atoms with Crippen LogP contribution < -0.4 is 16.6 Å². The molecule has 0 fully saturated rings. The van der Waals surface area contributed by atoms with Gasteiger partial charge in [-0.05, 0) is 30.5 Å². The lowest BCUT2D eigenvalue weighted by atomic mass is 9.76. The zero-order chi connectivity index (χ0) is 17.7. The molecule has 1 atom stereocenters. The average Bonchev–Trinajstić information content (AvgIpc) is 2.55. The van der Waals surface area contributed by atoms with Gasteiger partial charge in [-0.2, -0.15) is 0 Å². The highest BCUT2D eigenvalue weighted by atomic mass is 35.5. The third-order valence-electron chi connectivity index (χ3n) is 4.57. The first-order valence-electron chi connectivity index (χ1n) is 7.80. The van der Waals surface area contributed by atoms with Gasteiger partial charge in [0.15, 0.2) is 5.78 Å². The van der Waals surface area contributed by atoms with E-state index < -0.39 is 17.2 Å². The quantitative estimate of drug-likeness (QED) is 0.711. The number of carbonyl (C=O) groups excluding carboxylic acids is 1. The molecular weight excluding hydrogens is 365 g/mol. The van der Waals surface area contributed by atoms with E-state index in [4.69, 9.17) is 23.2 Å². The van der Waals surface area contributed by atoms with E-state index in [9.17, 15) is 14.4 Å². The van der Waals surface area contributed by atoms with Crippen LogP contribution in [0.2, 0.25) is 10.0 Å². The van der Waals surface area contributed by atoms with Crippen molar-refractivity contribution in [2.45, 2.75) is 25.2 Å². The smallest absolute Gasteiger partial charge is 0.327 e. The molecule has 0 spiro atoms. The van der Waals surface area contributed by atoms with Crippen molar-refractivity contribution < 1.29 is 4.79 Å². The minimum atomic E-state index is -0.602. The van der Waals surface area contributed by atoms with E-state index in [-0.39, 0.29) is 5.78 Å². The Labute approximate surface area is 151 Å². The largest absolute Gasteiger partial charge is 0.344 e. The number of carbonyl (C=O) groups is 1. The Morgan fingerprint density at radius 3 is 2.56 bits per heavy atom. The molecule has 3 N–H and O–H groups in total. The first-order chi connectivity index (χ1) is 12.0. The summed E-state index contributed by atoms with van der Waals surface area (Å²) in [4.78, 5) is 41.6. The molecule has 0 amide bonds. The number of Topliss-reactive ketones (excluding diaryl/α,β-unsaturated/α-hetero) is 1. The number of hydrogen-bond acceptors (Lipinski definition) is 4. The molecule has 0 unspecified atom stereocenters. The summed E-state index contributed by atoms with van der Waals surface area (Å²) in [7, 11) is 0. The Morgan fingerprint density at radius 2 is 1.80 bits per heavy atom. The number of hydrogen-bond donors (Lipinski definition) is 3. The van der Waals surface area contributed by atoms with Crippen molar-refractivity contribution in [2.75, 3.05) is 5.32 Å². The summed E-state index contributed by atoms with van der Waals surface area (Å²) in [6.07, 6.45) is 1.82. The van der Waals surface area contributed by atoms with E-state index in [0.717, 1.165) is 12.1 Å². The third-order valence-corrected chi connectivity index (χ3v) is 5.30. The van der Waals surface area contributed by atoms with E-state index >= 15 is 0 Å². The molecule has 0 saturated heterocycles. The Bertz CT molecular complexity index is 1050. The molecule has 6 nitrogen and oxygen atoms in total. The number of allylic oxidation sites excluding steroid dienone is 2. The molecule has 0 bridgehead atoms. The van der Waals surface area contributed by atoms with Crippen LogP contribution in [-0.2, 0) is 4.79 Å². The van der Waals surface area contributed by atoms with Gasteiger partial charge in [0, 0.05) is 23.6 Å². The number of ketones is 1. The Hall–Kier alpha value is -2.31. The molecule has 2 aliphatic rings. The predicted molar refractivity (Wildman–Crippen MR) is 95.5 cm³/mol. The zero-order valence-electron chi connectivity index (χ0n) is 12.9. The second kappa shape index (κ2) is 5.89. The maximum Gasteiger partial charge on any atom is 0.327 e. The van der Waals surface area contributed by atoms with Gasteiger partial charge < -0.3 is 5.32 Å². The molecule has 2 heterocycles. The van der Waals surface area contributed by atoms with Crippen molar-refractivity contribution in [1.29, 1.82) is 0 Å². The first kappa shape index (κ1) is 16.2. The van der Waals surface area contributed by atoms with Crippen LogP contribution >= 0.6 is 23.2 Å². The minimum Gasteiger partial charge on any atom is -0.344 e. The summed E-state index contributed by atoms with van der Waals surface area (Å²) in [6, 6.07) is 5.03. The highest BCUT2D eigenvalue weighted by molar-refractivity contribution is 6.42. The van der Waals surface area contributed by atoms with Crippen LogP contribution in [0.3, 0.4) is 0 Å². The molecule has 128 valence electrons. The number of rotatable bonds is 1. The van der Waals surface area contributed by atoms with Gasteiger partial charge in [-0.1, -0.05) is 29.3 Å². The lowest BCUT2D eigenvalue weighted by Gasteiger charge is -2.32. The predicted octanol–water partition coefficient (Wildman–Crippen LogP) is 2.93. The van der Waals surface area contributed by atoms with Crippen molar-refractivity contribution in [2.24, 2.45) is 0 Å². The van der Waals surface area contributed by atoms with Gasteiger partial charge >= 0.3 is 5.69 Å². The normalized spacial score (nSPS) is 19.3. The van der Waals surface area contributed by atoms with Crippen molar-refractivity contribution >= 4 is 34.8 Å². The maximum atomic E-state index is 12.6. The van der Waals surface area contributed by atoms with E-state index in [2.05, 4.69) is 15.3 Å². The fourth-order valence-electron chi connectivity index (χ4n) is 3.52. The van der Waals surface area contributed by atoms with E-state index in [1.165, 1.54) is 0 Å². The second-order valence-corrected chi connectivity index (χ2v) is 6.91. The molecule has 8 heteroatoms. The van der Waals surface area contributed by atoms with Crippen molar-refractivity contribution in [1.82, 2.24) is 9.97 Å². The molecule has 1 aromatic heterocycles. The fraction of sp³-hybridized carbons (Fsp3) is 0.235. The Balaban J connectivity index is 2.02. The van der Waals surface area contributed by atoms with Crippen molar-refractivity contribution in [3.63, 3.8) is 0 Å². The van der Waals surface area contributed by atoms with Crippen LogP contribution in [0.1, 0.15) is 36.3 Å². The number of halogens is 2. The number of benzene rings is 1. The summed E-state index contributed by atoms with van der Waals surface area (Å²) >= 11 is 12.1. The number of anilines is 1. The molecular formula is C17H13Cl2N3O3. The van der Waals surface area contributed by atoms with Crippen LogP contribution in [0.5, 0.6) is 0 Å². The van der Waals surface area contributed by atoms with Gasteiger partial charge in [-0.3, -0.25) is 19.6 Å². The van der Waals surface area contributed by atoms with Gasteiger partial charge in [-0.15, -0.1) is 0 Å². The topological polar surface area (TPSA) is 94.8 Å². The number of nitrogens with one attached hydrogen (secondary N) is 3. The third kappa shape index (κ3) is 2.62. The molecule has 1 aliphatic heterocycles. The summed E-state index contributed by atoms with van der Waals surface area (Å²) in [5.41, 5.74) is 1.13. The Kier molecular flexibility index (Phi) is 3.81. The standard InChI is InChI=1S/C17H13Cl2N3O3/c18-8-5-4-7(6-9(8)19)12-13-10(2-1-3-11(13)23)20-15-14(12)16(24)22-17(25)21-15/h4-6,12H,1-3H2,(H3,20,21,22,24,25)/t12-/m0/s1. The Morgan fingerprint density at radius 1 is 1.00 bits per heavy atom. The van der Waals surface area contributed by atoms with Gasteiger partial charge in [0.25, 0.3) is 5.56 Å². The first-order valence-corrected chi connectivity index (χ1v) is 8.56. The number of fused-ring (bicyclic) bond motifs is 1. The zero-order valence-corrected chi connectivity index (χ0v) is 14.4. The summed E-state index contributed by atoms with van der Waals surface area (Å²) < 4.78 is 0. The van der Waals surface area contributed by atoms with Gasteiger partial charge in [-0.25, -0.2) is 4.79 Å². The second-order valence-electron chi connectivity index (χ2n) is 6.10. The number of aromatic amines is 2.